The summed E-state index contributed by atoms with van der Waals surface area (Å²) < 4.78 is 5.94. The van der Waals surface area contributed by atoms with E-state index in [0.717, 1.165) is 31.9 Å². The first-order valence-electron chi connectivity index (χ1n) is 9.02. The fourth-order valence-corrected chi connectivity index (χ4v) is 3.45. The Labute approximate surface area is 145 Å². The number of ether oxygens (including phenoxy) is 1. The number of aryl methyl sites for hydroxylation is 1. The molecule has 1 N–H and O–H groups in total. The second-order valence-electron chi connectivity index (χ2n) is 6.42. The van der Waals surface area contributed by atoms with Gasteiger partial charge < -0.3 is 10.1 Å². The van der Waals surface area contributed by atoms with Crippen LogP contribution in [0.1, 0.15) is 36.1 Å². The third-order valence-corrected chi connectivity index (χ3v) is 4.65. The number of hydrogen-bond acceptors (Lipinski definition) is 3. The fraction of sp³-hybridized carbons (Fsp3) is 0.429. The zero-order chi connectivity index (χ0) is 16.8. The van der Waals surface area contributed by atoms with Gasteiger partial charge in [-0.3, -0.25) is 4.90 Å². The molecule has 0 spiro atoms. The Balaban J connectivity index is 2.02. The number of hydrogen-bond donors (Lipinski definition) is 1. The highest BCUT2D eigenvalue weighted by atomic mass is 16.5. The summed E-state index contributed by atoms with van der Waals surface area (Å²) in [4.78, 5) is 2.59. The molecule has 1 heterocycles. The predicted molar refractivity (Wildman–Crippen MR) is 99.7 cm³/mol. The quantitative estimate of drug-likeness (QED) is 0.906. The van der Waals surface area contributed by atoms with Crippen LogP contribution in [-0.2, 0) is 0 Å². The minimum absolute atomic E-state index is 0.244. The smallest absolute Gasteiger partial charge is 0.124 e. The van der Waals surface area contributed by atoms with Crippen molar-refractivity contribution in [2.75, 3.05) is 32.8 Å². The Morgan fingerprint density at radius 1 is 1.04 bits per heavy atom. The van der Waals surface area contributed by atoms with Crippen LogP contribution in [0.2, 0.25) is 0 Å². The Bertz CT molecular complexity index is 631. The van der Waals surface area contributed by atoms with E-state index in [2.05, 4.69) is 65.7 Å². The van der Waals surface area contributed by atoms with Gasteiger partial charge in [0.15, 0.2) is 0 Å². The molecule has 1 saturated heterocycles. The van der Waals surface area contributed by atoms with Gasteiger partial charge >= 0.3 is 0 Å². The monoisotopic (exact) mass is 324 g/mol. The SMILES string of the molecule is CCOc1ccccc1C(c1ccc(C)cc1)N1CCCNCC1. The maximum absolute atomic E-state index is 5.94. The molecular formula is C21H28N2O. The van der Waals surface area contributed by atoms with Crippen molar-refractivity contribution in [1.82, 2.24) is 10.2 Å². The third kappa shape index (κ3) is 3.97. The topological polar surface area (TPSA) is 24.5 Å². The molecule has 128 valence electrons. The van der Waals surface area contributed by atoms with Crippen molar-refractivity contribution in [3.8, 4) is 5.75 Å². The first-order chi connectivity index (χ1) is 11.8. The third-order valence-electron chi connectivity index (χ3n) is 4.65. The highest BCUT2D eigenvalue weighted by molar-refractivity contribution is 5.42. The first kappa shape index (κ1) is 17.0. The fourth-order valence-electron chi connectivity index (χ4n) is 3.45. The standard InChI is InChI=1S/C21H28N2O/c1-3-24-20-8-5-4-7-19(20)21(18-11-9-17(2)10-12-18)23-15-6-13-22-14-16-23/h4-5,7-12,21-22H,3,6,13-16H2,1-2H3. The summed E-state index contributed by atoms with van der Waals surface area (Å²) in [5, 5.41) is 3.51. The molecule has 2 aromatic rings. The van der Waals surface area contributed by atoms with Crippen LogP contribution >= 0.6 is 0 Å². The van der Waals surface area contributed by atoms with Crippen LogP contribution in [0.15, 0.2) is 48.5 Å². The van der Waals surface area contributed by atoms with Crippen LogP contribution in [0.5, 0.6) is 5.75 Å². The van der Waals surface area contributed by atoms with E-state index in [-0.39, 0.29) is 6.04 Å². The van der Waals surface area contributed by atoms with Crippen LogP contribution in [0.25, 0.3) is 0 Å². The Kier molecular flexibility index (Phi) is 5.89. The van der Waals surface area contributed by atoms with E-state index in [0.29, 0.717) is 6.61 Å². The molecule has 24 heavy (non-hydrogen) atoms. The van der Waals surface area contributed by atoms with E-state index in [9.17, 15) is 0 Å². The van der Waals surface area contributed by atoms with E-state index in [1.807, 2.05) is 6.92 Å². The molecule has 0 bridgehead atoms. The van der Waals surface area contributed by atoms with Gasteiger partial charge in [-0.05, 0) is 38.4 Å². The Hall–Kier alpha value is -1.84. The Morgan fingerprint density at radius 3 is 2.62 bits per heavy atom. The average Bonchev–Trinajstić information content (AvgIpc) is 2.88. The minimum Gasteiger partial charge on any atom is -0.494 e. The molecule has 0 radical (unpaired) electrons. The second kappa shape index (κ2) is 8.32. The lowest BCUT2D eigenvalue weighted by Gasteiger charge is -2.32. The maximum Gasteiger partial charge on any atom is 0.124 e. The number of para-hydroxylation sites is 1. The van der Waals surface area contributed by atoms with Crippen LogP contribution in [0, 0.1) is 6.92 Å². The van der Waals surface area contributed by atoms with Crippen molar-refractivity contribution in [3.63, 3.8) is 0 Å². The molecular weight excluding hydrogens is 296 g/mol. The van der Waals surface area contributed by atoms with Crippen LogP contribution in [0.3, 0.4) is 0 Å². The van der Waals surface area contributed by atoms with Crippen molar-refractivity contribution >= 4 is 0 Å². The molecule has 3 nitrogen and oxygen atoms in total. The predicted octanol–water partition coefficient (Wildman–Crippen LogP) is 3.78. The number of rotatable bonds is 5. The van der Waals surface area contributed by atoms with Gasteiger partial charge in [0.1, 0.15) is 5.75 Å². The summed E-state index contributed by atoms with van der Waals surface area (Å²) in [6.07, 6.45) is 1.18. The van der Waals surface area contributed by atoms with Gasteiger partial charge in [-0.2, -0.15) is 0 Å². The first-order valence-corrected chi connectivity index (χ1v) is 9.02. The highest BCUT2D eigenvalue weighted by Crippen LogP contribution is 2.35. The second-order valence-corrected chi connectivity index (χ2v) is 6.42. The molecule has 3 heteroatoms. The molecule has 1 aliphatic heterocycles. The lowest BCUT2D eigenvalue weighted by atomic mass is 9.95. The normalized spacial score (nSPS) is 17.2. The molecule has 0 aromatic heterocycles. The summed E-state index contributed by atoms with van der Waals surface area (Å²) in [6, 6.07) is 17.7. The zero-order valence-electron chi connectivity index (χ0n) is 14.8. The lowest BCUT2D eigenvalue weighted by molar-refractivity contribution is 0.233. The summed E-state index contributed by atoms with van der Waals surface area (Å²) in [7, 11) is 0. The highest BCUT2D eigenvalue weighted by Gasteiger charge is 2.25. The van der Waals surface area contributed by atoms with E-state index in [4.69, 9.17) is 4.74 Å². The molecule has 1 fully saturated rings. The van der Waals surface area contributed by atoms with E-state index in [1.54, 1.807) is 0 Å². The number of benzene rings is 2. The van der Waals surface area contributed by atoms with Crippen LogP contribution < -0.4 is 10.1 Å². The van der Waals surface area contributed by atoms with Gasteiger partial charge in [0.05, 0.1) is 12.6 Å². The molecule has 0 saturated carbocycles. The lowest BCUT2D eigenvalue weighted by Crippen LogP contribution is -2.33. The van der Waals surface area contributed by atoms with Crippen molar-refractivity contribution in [1.29, 1.82) is 0 Å². The molecule has 1 aliphatic rings. The molecule has 3 rings (SSSR count). The van der Waals surface area contributed by atoms with E-state index < -0.39 is 0 Å². The van der Waals surface area contributed by atoms with Crippen LogP contribution in [0.4, 0.5) is 0 Å². The summed E-state index contributed by atoms with van der Waals surface area (Å²) in [5.74, 6) is 1.00. The molecule has 2 aromatic carbocycles. The van der Waals surface area contributed by atoms with Gasteiger partial charge in [0.2, 0.25) is 0 Å². The van der Waals surface area contributed by atoms with Gasteiger partial charge in [0.25, 0.3) is 0 Å². The maximum atomic E-state index is 5.94. The number of nitrogens with zero attached hydrogens (tertiary/aromatic N) is 1. The molecule has 1 unspecified atom stereocenters. The summed E-state index contributed by atoms with van der Waals surface area (Å²) in [5.41, 5.74) is 3.91. The van der Waals surface area contributed by atoms with Crippen molar-refractivity contribution in [3.05, 3.63) is 65.2 Å². The average molecular weight is 324 g/mol. The molecule has 0 amide bonds. The molecule has 0 aliphatic carbocycles. The van der Waals surface area contributed by atoms with Crippen LogP contribution in [-0.4, -0.2) is 37.7 Å². The van der Waals surface area contributed by atoms with Crippen molar-refractivity contribution < 1.29 is 4.74 Å². The minimum atomic E-state index is 0.244. The number of nitrogens with one attached hydrogen (secondary N) is 1. The van der Waals surface area contributed by atoms with E-state index >= 15 is 0 Å². The van der Waals surface area contributed by atoms with Crippen molar-refractivity contribution in [2.45, 2.75) is 26.3 Å². The largest absolute Gasteiger partial charge is 0.494 e. The van der Waals surface area contributed by atoms with Gasteiger partial charge in [-0.1, -0.05) is 48.0 Å². The van der Waals surface area contributed by atoms with Gasteiger partial charge in [-0.25, -0.2) is 0 Å². The van der Waals surface area contributed by atoms with E-state index in [1.165, 1.54) is 23.1 Å². The van der Waals surface area contributed by atoms with Crippen molar-refractivity contribution in [2.24, 2.45) is 0 Å². The zero-order valence-corrected chi connectivity index (χ0v) is 14.8. The Morgan fingerprint density at radius 2 is 1.83 bits per heavy atom. The summed E-state index contributed by atoms with van der Waals surface area (Å²) >= 11 is 0. The van der Waals surface area contributed by atoms with Gasteiger partial charge in [0, 0.05) is 25.2 Å². The van der Waals surface area contributed by atoms with Gasteiger partial charge in [-0.15, -0.1) is 0 Å². The summed E-state index contributed by atoms with van der Waals surface area (Å²) in [6.45, 7) is 9.18. The molecule has 1 atom stereocenters.